The number of carbonyl (C=O) groups excluding carboxylic acids is 1. The van der Waals surface area contributed by atoms with Crippen LogP contribution in [0, 0.1) is 0 Å². The van der Waals surface area contributed by atoms with E-state index < -0.39 is 0 Å². The third-order valence-electron chi connectivity index (χ3n) is 1.62. The van der Waals surface area contributed by atoms with Crippen molar-refractivity contribution in [3.8, 4) is 0 Å². The van der Waals surface area contributed by atoms with Crippen molar-refractivity contribution in [2.75, 3.05) is 6.54 Å². The van der Waals surface area contributed by atoms with Gasteiger partial charge < -0.3 is 5.73 Å². The SMILES string of the molecule is NCC(=O)Cc1cc(Cl)ccc1Cl. The summed E-state index contributed by atoms with van der Waals surface area (Å²) in [5.41, 5.74) is 5.91. The molecule has 0 atom stereocenters. The van der Waals surface area contributed by atoms with E-state index in [1.807, 2.05) is 0 Å². The molecular weight excluding hydrogens is 209 g/mol. The van der Waals surface area contributed by atoms with Crippen LogP contribution in [0.15, 0.2) is 18.2 Å². The van der Waals surface area contributed by atoms with Crippen LogP contribution in [0.4, 0.5) is 0 Å². The minimum Gasteiger partial charge on any atom is -0.324 e. The number of rotatable bonds is 3. The van der Waals surface area contributed by atoms with Gasteiger partial charge in [0.05, 0.1) is 6.54 Å². The van der Waals surface area contributed by atoms with E-state index in [1.54, 1.807) is 18.2 Å². The summed E-state index contributed by atoms with van der Waals surface area (Å²) in [4.78, 5) is 11.0. The van der Waals surface area contributed by atoms with Crippen LogP contribution in [-0.2, 0) is 11.2 Å². The van der Waals surface area contributed by atoms with E-state index in [9.17, 15) is 4.79 Å². The summed E-state index contributed by atoms with van der Waals surface area (Å²) in [5.74, 6) is -0.0517. The molecule has 0 aliphatic rings. The molecule has 0 fully saturated rings. The van der Waals surface area contributed by atoms with Gasteiger partial charge in [0.25, 0.3) is 0 Å². The van der Waals surface area contributed by atoms with Gasteiger partial charge in [0, 0.05) is 16.5 Å². The van der Waals surface area contributed by atoms with Crippen molar-refractivity contribution in [3.63, 3.8) is 0 Å². The Morgan fingerprint density at radius 3 is 2.69 bits per heavy atom. The Hall–Kier alpha value is -0.570. The quantitative estimate of drug-likeness (QED) is 0.843. The Balaban J connectivity index is 2.87. The summed E-state index contributed by atoms with van der Waals surface area (Å²) >= 11 is 11.6. The molecule has 0 spiro atoms. The average molecular weight is 218 g/mol. The minimum atomic E-state index is -0.0517. The molecule has 0 aliphatic carbocycles. The van der Waals surface area contributed by atoms with Gasteiger partial charge in [0.2, 0.25) is 0 Å². The summed E-state index contributed by atoms with van der Waals surface area (Å²) in [6.45, 7) is 0.0306. The van der Waals surface area contributed by atoms with Gasteiger partial charge >= 0.3 is 0 Å². The number of halogens is 2. The van der Waals surface area contributed by atoms with Crippen LogP contribution in [0.1, 0.15) is 5.56 Å². The van der Waals surface area contributed by atoms with Gasteiger partial charge in [0.1, 0.15) is 0 Å². The van der Waals surface area contributed by atoms with Gasteiger partial charge in [-0.25, -0.2) is 0 Å². The van der Waals surface area contributed by atoms with Crippen LogP contribution in [0.3, 0.4) is 0 Å². The summed E-state index contributed by atoms with van der Waals surface area (Å²) < 4.78 is 0. The minimum absolute atomic E-state index is 0.0306. The van der Waals surface area contributed by atoms with Crippen LogP contribution in [-0.4, -0.2) is 12.3 Å². The summed E-state index contributed by atoms with van der Waals surface area (Å²) in [6.07, 6.45) is 0.246. The van der Waals surface area contributed by atoms with Crippen molar-refractivity contribution in [1.82, 2.24) is 0 Å². The van der Waals surface area contributed by atoms with Crippen molar-refractivity contribution < 1.29 is 4.79 Å². The second-order valence-electron chi connectivity index (χ2n) is 2.66. The molecule has 0 aromatic heterocycles. The highest BCUT2D eigenvalue weighted by molar-refractivity contribution is 6.33. The highest BCUT2D eigenvalue weighted by Gasteiger charge is 2.05. The maximum Gasteiger partial charge on any atom is 0.150 e. The summed E-state index contributed by atoms with van der Waals surface area (Å²) in [7, 11) is 0. The molecule has 1 aromatic rings. The van der Waals surface area contributed by atoms with E-state index in [2.05, 4.69) is 0 Å². The van der Waals surface area contributed by atoms with Gasteiger partial charge in [-0.05, 0) is 23.8 Å². The largest absolute Gasteiger partial charge is 0.324 e. The highest BCUT2D eigenvalue weighted by Crippen LogP contribution is 2.20. The number of hydrogen-bond donors (Lipinski definition) is 1. The maximum absolute atomic E-state index is 11.0. The molecule has 0 amide bonds. The van der Waals surface area contributed by atoms with E-state index in [4.69, 9.17) is 28.9 Å². The smallest absolute Gasteiger partial charge is 0.150 e. The van der Waals surface area contributed by atoms with Gasteiger partial charge in [0.15, 0.2) is 5.78 Å². The van der Waals surface area contributed by atoms with E-state index in [0.717, 1.165) is 5.56 Å². The zero-order chi connectivity index (χ0) is 9.84. The van der Waals surface area contributed by atoms with E-state index in [-0.39, 0.29) is 18.7 Å². The Morgan fingerprint density at radius 2 is 2.08 bits per heavy atom. The number of nitrogens with two attached hydrogens (primary N) is 1. The Labute approximate surface area is 86.6 Å². The fraction of sp³-hybridized carbons (Fsp3) is 0.222. The topological polar surface area (TPSA) is 43.1 Å². The van der Waals surface area contributed by atoms with Crippen molar-refractivity contribution in [2.24, 2.45) is 5.73 Å². The molecule has 0 saturated carbocycles. The molecule has 0 heterocycles. The molecule has 4 heteroatoms. The second-order valence-corrected chi connectivity index (χ2v) is 3.50. The van der Waals surface area contributed by atoms with Gasteiger partial charge in [-0.15, -0.1) is 0 Å². The first-order valence-electron chi connectivity index (χ1n) is 3.79. The summed E-state index contributed by atoms with van der Waals surface area (Å²) in [5, 5.41) is 1.12. The van der Waals surface area contributed by atoms with Crippen molar-refractivity contribution in [3.05, 3.63) is 33.8 Å². The Morgan fingerprint density at radius 1 is 1.38 bits per heavy atom. The molecule has 1 rings (SSSR count). The van der Waals surface area contributed by atoms with Gasteiger partial charge in [-0.1, -0.05) is 23.2 Å². The van der Waals surface area contributed by atoms with Gasteiger partial charge in [-0.2, -0.15) is 0 Å². The van der Waals surface area contributed by atoms with E-state index >= 15 is 0 Å². The third kappa shape index (κ3) is 2.99. The van der Waals surface area contributed by atoms with Gasteiger partial charge in [-0.3, -0.25) is 4.79 Å². The molecule has 0 aliphatic heterocycles. The molecule has 0 unspecified atom stereocenters. The lowest BCUT2D eigenvalue weighted by molar-refractivity contribution is -0.117. The zero-order valence-corrected chi connectivity index (χ0v) is 8.40. The highest BCUT2D eigenvalue weighted by atomic mass is 35.5. The molecular formula is C9H9Cl2NO. The predicted octanol–water partition coefficient (Wildman–Crippen LogP) is 2.06. The number of hydrogen-bond acceptors (Lipinski definition) is 2. The second kappa shape index (κ2) is 4.61. The normalized spacial score (nSPS) is 10.1. The van der Waals surface area contributed by atoms with Crippen LogP contribution in [0.5, 0.6) is 0 Å². The standard InChI is InChI=1S/C9H9Cl2NO/c10-7-1-2-9(11)6(3-7)4-8(13)5-12/h1-3H,4-5,12H2. The zero-order valence-electron chi connectivity index (χ0n) is 6.89. The van der Waals surface area contributed by atoms with E-state index in [0.29, 0.717) is 10.0 Å². The summed E-state index contributed by atoms with van der Waals surface area (Å²) in [6, 6.07) is 5.03. The van der Waals surface area contributed by atoms with Crippen LogP contribution in [0.25, 0.3) is 0 Å². The van der Waals surface area contributed by atoms with E-state index in [1.165, 1.54) is 0 Å². The lowest BCUT2D eigenvalue weighted by atomic mass is 10.1. The lowest BCUT2D eigenvalue weighted by Crippen LogP contribution is -2.15. The number of benzene rings is 1. The molecule has 0 saturated heterocycles. The van der Waals surface area contributed by atoms with Crippen molar-refractivity contribution in [2.45, 2.75) is 6.42 Å². The first kappa shape index (κ1) is 10.5. The molecule has 13 heavy (non-hydrogen) atoms. The predicted molar refractivity (Wildman–Crippen MR) is 54.2 cm³/mol. The molecule has 2 N–H and O–H groups in total. The third-order valence-corrected chi connectivity index (χ3v) is 2.23. The Kier molecular flexibility index (Phi) is 3.72. The average Bonchev–Trinajstić information content (AvgIpc) is 2.11. The first-order chi connectivity index (χ1) is 6.13. The maximum atomic E-state index is 11.0. The Bertz CT molecular complexity index is 325. The van der Waals surface area contributed by atoms with Crippen LogP contribution < -0.4 is 5.73 Å². The van der Waals surface area contributed by atoms with Crippen molar-refractivity contribution in [1.29, 1.82) is 0 Å². The molecule has 2 nitrogen and oxygen atoms in total. The molecule has 70 valence electrons. The lowest BCUT2D eigenvalue weighted by Gasteiger charge is -2.02. The molecule has 0 bridgehead atoms. The molecule has 0 radical (unpaired) electrons. The number of Topliss-reactive ketones (excluding diaryl/α,β-unsaturated/α-hetero) is 1. The number of carbonyl (C=O) groups is 1. The first-order valence-corrected chi connectivity index (χ1v) is 4.54. The van der Waals surface area contributed by atoms with Crippen LogP contribution in [0.2, 0.25) is 10.0 Å². The van der Waals surface area contributed by atoms with Crippen molar-refractivity contribution >= 4 is 29.0 Å². The fourth-order valence-corrected chi connectivity index (χ4v) is 1.34. The number of ketones is 1. The van der Waals surface area contributed by atoms with Crippen LogP contribution >= 0.6 is 23.2 Å². The monoisotopic (exact) mass is 217 g/mol. The fourth-order valence-electron chi connectivity index (χ4n) is 0.963. The molecule has 1 aromatic carbocycles.